The van der Waals surface area contributed by atoms with E-state index in [1.54, 1.807) is 6.07 Å². The molecule has 1 radical (unpaired) electrons. The van der Waals surface area contributed by atoms with Gasteiger partial charge in [0, 0.05) is 18.0 Å². The summed E-state index contributed by atoms with van der Waals surface area (Å²) in [6, 6.07) is 1.61. The molecule has 0 saturated carbocycles. The van der Waals surface area contributed by atoms with E-state index in [1.165, 1.54) is 12.4 Å². The Bertz CT molecular complexity index is 202. The van der Waals surface area contributed by atoms with Crippen LogP contribution >= 0.6 is 11.6 Å². The molecule has 0 atom stereocenters. The highest BCUT2D eigenvalue weighted by molar-refractivity contribution is 6.30. The minimum absolute atomic E-state index is 0.256. The van der Waals surface area contributed by atoms with Crippen LogP contribution in [0.25, 0.3) is 0 Å². The Kier molecular flexibility index (Phi) is 2.03. The van der Waals surface area contributed by atoms with Crippen molar-refractivity contribution in [3.05, 3.63) is 29.0 Å². The molecule has 1 heterocycles. The standard InChI is InChI=1S/C6H5ClNO/c7-6-1-5(4-9)2-8-3-6/h1-3H,4H2. The van der Waals surface area contributed by atoms with Gasteiger partial charge in [-0.2, -0.15) is 0 Å². The largest absolute Gasteiger partial charge is 0.263 e. The molecule has 1 aromatic heterocycles. The van der Waals surface area contributed by atoms with Gasteiger partial charge in [0.15, 0.2) is 0 Å². The first kappa shape index (κ1) is 6.52. The van der Waals surface area contributed by atoms with Crippen molar-refractivity contribution in [2.24, 2.45) is 0 Å². The predicted octanol–water partition coefficient (Wildman–Crippen LogP) is 1.67. The van der Waals surface area contributed by atoms with Crippen LogP contribution in [0, 0.1) is 0 Å². The first-order valence-electron chi connectivity index (χ1n) is 2.50. The number of hydrogen-bond acceptors (Lipinski definition) is 1. The van der Waals surface area contributed by atoms with E-state index in [2.05, 4.69) is 4.98 Å². The highest BCUT2D eigenvalue weighted by Crippen LogP contribution is 2.07. The molecule has 0 fully saturated rings. The van der Waals surface area contributed by atoms with Gasteiger partial charge in [-0.05, 0) is 6.07 Å². The van der Waals surface area contributed by atoms with Gasteiger partial charge < -0.3 is 0 Å². The molecular formula is C6H5ClNO. The molecule has 0 saturated heterocycles. The second-order valence-corrected chi connectivity index (χ2v) is 2.09. The van der Waals surface area contributed by atoms with Gasteiger partial charge in [0.2, 0.25) is 0 Å². The van der Waals surface area contributed by atoms with Gasteiger partial charge in [-0.25, -0.2) is 5.11 Å². The molecule has 0 bridgehead atoms. The van der Waals surface area contributed by atoms with Gasteiger partial charge in [-0.1, -0.05) is 11.6 Å². The van der Waals surface area contributed by atoms with Gasteiger partial charge >= 0.3 is 0 Å². The molecule has 1 rings (SSSR count). The molecule has 0 unspecified atom stereocenters. The maximum absolute atomic E-state index is 10.2. The van der Waals surface area contributed by atoms with Crippen molar-refractivity contribution in [1.29, 1.82) is 0 Å². The minimum atomic E-state index is -0.256. The van der Waals surface area contributed by atoms with E-state index < -0.39 is 0 Å². The van der Waals surface area contributed by atoms with Gasteiger partial charge in [0.25, 0.3) is 0 Å². The summed E-state index contributed by atoms with van der Waals surface area (Å²) < 4.78 is 0. The lowest BCUT2D eigenvalue weighted by Gasteiger charge is -1.91. The number of nitrogens with zero attached hydrogens (tertiary/aromatic N) is 1. The van der Waals surface area contributed by atoms with Crippen LogP contribution in [0.4, 0.5) is 0 Å². The van der Waals surface area contributed by atoms with Crippen molar-refractivity contribution in [3.8, 4) is 0 Å². The number of aromatic nitrogens is 1. The van der Waals surface area contributed by atoms with E-state index >= 15 is 0 Å². The third-order valence-corrected chi connectivity index (χ3v) is 1.13. The van der Waals surface area contributed by atoms with Crippen LogP contribution in [0.15, 0.2) is 18.5 Å². The number of pyridine rings is 1. The minimum Gasteiger partial charge on any atom is -0.263 e. The number of halogens is 1. The van der Waals surface area contributed by atoms with E-state index in [-0.39, 0.29) is 6.61 Å². The van der Waals surface area contributed by atoms with Gasteiger partial charge in [-0.15, -0.1) is 0 Å². The Hall–Kier alpha value is -0.600. The maximum Gasteiger partial charge on any atom is 0.109 e. The van der Waals surface area contributed by atoms with Crippen LogP contribution in [-0.2, 0) is 11.7 Å². The fraction of sp³-hybridized carbons (Fsp3) is 0.167. The van der Waals surface area contributed by atoms with E-state index in [0.29, 0.717) is 10.6 Å². The van der Waals surface area contributed by atoms with Crippen LogP contribution in [0.3, 0.4) is 0 Å². The second kappa shape index (κ2) is 2.80. The summed E-state index contributed by atoms with van der Waals surface area (Å²) in [7, 11) is 0. The normalized spacial score (nSPS) is 9.56. The molecule has 0 aromatic carbocycles. The van der Waals surface area contributed by atoms with Crippen molar-refractivity contribution in [2.75, 3.05) is 0 Å². The molecule has 3 heteroatoms. The van der Waals surface area contributed by atoms with Crippen molar-refractivity contribution < 1.29 is 5.11 Å². The van der Waals surface area contributed by atoms with Gasteiger partial charge in [-0.3, -0.25) is 4.98 Å². The molecule has 9 heavy (non-hydrogen) atoms. The van der Waals surface area contributed by atoms with Gasteiger partial charge in [0.1, 0.15) is 6.61 Å². The molecule has 47 valence electrons. The Morgan fingerprint density at radius 2 is 2.33 bits per heavy atom. The molecule has 0 N–H and O–H groups in total. The second-order valence-electron chi connectivity index (χ2n) is 1.66. The smallest absolute Gasteiger partial charge is 0.109 e. The average molecular weight is 143 g/mol. The maximum atomic E-state index is 10.2. The van der Waals surface area contributed by atoms with E-state index in [0.717, 1.165) is 0 Å². The average Bonchev–Trinajstić information content (AvgIpc) is 1.88. The Labute approximate surface area is 58.1 Å². The monoisotopic (exact) mass is 142 g/mol. The molecule has 0 aliphatic carbocycles. The molecule has 0 amide bonds. The van der Waals surface area contributed by atoms with E-state index in [9.17, 15) is 5.11 Å². The summed E-state index contributed by atoms with van der Waals surface area (Å²) in [5, 5.41) is 10.7. The quantitative estimate of drug-likeness (QED) is 0.587. The fourth-order valence-corrected chi connectivity index (χ4v) is 0.731. The molecular weight excluding hydrogens is 138 g/mol. The highest BCUT2D eigenvalue weighted by Gasteiger charge is 1.90. The van der Waals surface area contributed by atoms with E-state index in [4.69, 9.17) is 11.6 Å². The highest BCUT2D eigenvalue weighted by atomic mass is 35.5. The van der Waals surface area contributed by atoms with Crippen LogP contribution in [0.1, 0.15) is 5.56 Å². The molecule has 2 nitrogen and oxygen atoms in total. The molecule has 0 aliphatic heterocycles. The lowest BCUT2D eigenvalue weighted by Crippen LogP contribution is -1.81. The fourth-order valence-electron chi connectivity index (χ4n) is 0.535. The molecule has 0 aliphatic rings. The summed E-state index contributed by atoms with van der Waals surface area (Å²) in [6.07, 6.45) is 3.01. The molecule has 0 spiro atoms. The zero-order valence-corrected chi connectivity index (χ0v) is 5.43. The summed E-state index contributed by atoms with van der Waals surface area (Å²) in [6.45, 7) is -0.256. The van der Waals surface area contributed by atoms with Crippen molar-refractivity contribution in [3.63, 3.8) is 0 Å². The lowest BCUT2D eigenvalue weighted by molar-refractivity contribution is 0.177. The Morgan fingerprint density at radius 1 is 1.56 bits per heavy atom. The SMILES string of the molecule is [O]Cc1cncc(Cl)c1. The summed E-state index contributed by atoms with van der Waals surface area (Å²) >= 11 is 5.52. The predicted molar refractivity (Wildman–Crippen MR) is 33.6 cm³/mol. The zero-order valence-electron chi connectivity index (χ0n) is 4.67. The zero-order chi connectivity index (χ0) is 6.69. The van der Waals surface area contributed by atoms with Crippen molar-refractivity contribution in [2.45, 2.75) is 6.61 Å². The van der Waals surface area contributed by atoms with Crippen LogP contribution in [0.5, 0.6) is 0 Å². The van der Waals surface area contributed by atoms with Crippen LogP contribution in [-0.4, -0.2) is 4.98 Å². The topological polar surface area (TPSA) is 32.8 Å². The Morgan fingerprint density at radius 3 is 2.78 bits per heavy atom. The summed E-state index contributed by atoms with van der Waals surface area (Å²) in [5.74, 6) is 0. The lowest BCUT2D eigenvalue weighted by atomic mass is 10.3. The number of hydrogen-bond donors (Lipinski definition) is 0. The summed E-state index contributed by atoms with van der Waals surface area (Å²) in [4.78, 5) is 3.72. The van der Waals surface area contributed by atoms with Crippen molar-refractivity contribution >= 4 is 11.6 Å². The Balaban J connectivity index is 2.94. The van der Waals surface area contributed by atoms with Gasteiger partial charge in [0.05, 0.1) is 5.02 Å². The van der Waals surface area contributed by atoms with Crippen LogP contribution < -0.4 is 0 Å². The number of rotatable bonds is 1. The molecule has 1 aromatic rings. The third kappa shape index (κ3) is 1.66. The van der Waals surface area contributed by atoms with E-state index in [1.807, 2.05) is 0 Å². The first-order valence-corrected chi connectivity index (χ1v) is 2.88. The van der Waals surface area contributed by atoms with Crippen molar-refractivity contribution in [1.82, 2.24) is 4.98 Å². The first-order chi connectivity index (χ1) is 4.33. The van der Waals surface area contributed by atoms with Crippen LogP contribution in [0.2, 0.25) is 5.02 Å². The third-order valence-electron chi connectivity index (χ3n) is 0.928. The summed E-state index contributed by atoms with van der Waals surface area (Å²) in [5.41, 5.74) is 0.627.